The highest BCUT2D eigenvalue weighted by atomic mass is 127. The Balaban J connectivity index is 0.00000385. The van der Waals surface area contributed by atoms with Crippen molar-refractivity contribution in [2.45, 2.75) is 33.4 Å². The van der Waals surface area contributed by atoms with Crippen LogP contribution in [0.2, 0.25) is 0 Å². The fourth-order valence-electron chi connectivity index (χ4n) is 3.47. The zero-order valence-corrected chi connectivity index (χ0v) is 21.8. The predicted molar refractivity (Wildman–Crippen MR) is 143 cm³/mol. The number of para-hydroxylation sites is 2. The van der Waals surface area contributed by atoms with E-state index in [0.717, 1.165) is 42.4 Å². The zero-order valence-electron chi connectivity index (χ0n) is 19.4. The van der Waals surface area contributed by atoms with Crippen molar-refractivity contribution in [1.82, 2.24) is 25.5 Å². The van der Waals surface area contributed by atoms with Crippen LogP contribution < -0.4 is 20.7 Å². The molecule has 0 atom stereocenters. The number of halogens is 1. The molecule has 33 heavy (non-hydrogen) atoms. The van der Waals surface area contributed by atoms with Gasteiger partial charge in [0.1, 0.15) is 11.6 Å². The number of hydrogen-bond donors (Lipinski definition) is 3. The average molecular weight is 564 g/mol. The maximum Gasteiger partial charge on any atom is 0.257 e. The summed E-state index contributed by atoms with van der Waals surface area (Å²) in [5, 5.41) is 9.39. The molecule has 0 bridgehead atoms. The topological polar surface area (TPSA) is 92.6 Å². The lowest BCUT2D eigenvalue weighted by Gasteiger charge is -2.13. The first-order chi connectivity index (χ1) is 15.6. The van der Waals surface area contributed by atoms with Gasteiger partial charge in [0.05, 0.1) is 11.0 Å². The van der Waals surface area contributed by atoms with Gasteiger partial charge < -0.3 is 25.3 Å². The molecule has 0 aliphatic rings. The number of hydrogen-bond acceptors (Lipinski definition) is 4. The standard InChI is InChI=1S/C24H32N6O2.HI/c1-4-26-23(31)17-32-20-10-7-9-19(15-20)16-28-24(25-3)27-13-8-14-30-18(2)29-21-11-5-6-12-22(21)30;/h5-7,9-12,15H,4,8,13-14,16-17H2,1-3H3,(H,26,31)(H2,25,27,28);1H. The Bertz CT molecular complexity index is 1070. The number of carbonyl (C=O) groups excluding carboxylic acids is 1. The highest BCUT2D eigenvalue weighted by Gasteiger charge is 2.07. The van der Waals surface area contributed by atoms with Crippen LogP contribution in [0.25, 0.3) is 11.0 Å². The Kier molecular flexibility index (Phi) is 10.9. The molecule has 0 saturated carbocycles. The Labute approximate surface area is 212 Å². The molecule has 1 heterocycles. The van der Waals surface area contributed by atoms with Crippen LogP contribution in [0.5, 0.6) is 5.75 Å². The van der Waals surface area contributed by atoms with Crippen LogP contribution in [-0.4, -0.2) is 48.2 Å². The number of aryl methyl sites for hydroxylation is 2. The fraction of sp³-hybridized carbons (Fsp3) is 0.375. The summed E-state index contributed by atoms with van der Waals surface area (Å²) in [6, 6.07) is 15.9. The SMILES string of the molecule is CCNC(=O)COc1cccc(CNC(=NC)NCCCn2c(C)nc3ccccc32)c1.I. The van der Waals surface area contributed by atoms with E-state index in [1.54, 1.807) is 7.05 Å². The lowest BCUT2D eigenvalue weighted by Crippen LogP contribution is -2.37. The van der Waals surface area contributed by atoms with Crippen molar-refractivity contribution in [2.24, 2.45) is 4.99 Å². The molecule has 9 heteroatoms. The van der Waals surface area contributed by atoms with E-state index in [2.05, 4.69) is 36.6 Å². The molecule has 3 N–H and O–H groups in total. The normalized spacial score (nSPS) is 11.1. The smallest absolute Gasteiger partial charge is 0.257 e. The van der Waals surface area contributed by atoms with Gasteiger partial charge in [0.25, 0.3) is 5.91 Å². The van der Waals surface area contributed by atoms with Crippen molar-refractivity contribution in [3.63, 3.8) is 0 Å². The average Bonchev–Trinajstić information content (AvgIpc) is 3.12. The molecule has 1 amide bonds. The van der Waals surface area contributed by atoms with Crippen LogP contribution in [0.3, 0.4) is 0 Å². The summed E-state index contributed by atoms with van der Waals surface area (Å²) in [4.78, 5) is 20.5. The third kappa shape index (κ3) is 7.92. The number of aliphatic imine (C=N–C) groups is 1. The van der Waals surface area contributed by atoms with Crippen molar-refractivity contribution in [1.29, 1.82) is 0 Å². The van der Waals surface area contributed by atoms with E-state index < -0.39 is 0 Å². The molecule has 0 aliphatic heterocycles. The summed E-state index contributed by atoms with van der Waals surface area (Å²) >= 11 is 0. The van der Waals surface area contributed by atoms with E-state index in [-0.39, 0.29) is 36.5 Å². The number of fused-ring (bicyclic) bond motifs is 1. The van der Waals surface area contributed by atoms with Crippen LogP contribution in [-0.2, 0) is 17.9 Å². The second-order valence-corrected chi connectivity index (χ2v) is 7.40. The van der Waals surface area contributed by atoms with Crippen LogP contribution in [0.4, 0.5) is 0 Å². The van der Waals surface area contributed by atoms with Crippen LogP contribution in [0.1, 0.15) is 24.7 Å². The maximum atomic E-state index is 11.6. The summed E-state index contributed by atoms with van der Waals surface area (Å²) in [5.74, 6) is 2.31. The second kappa shape index (κ2) is 13.7. The number of nitrogens with one attached hydrogen (secondary N) is 3. The lowest BCUT2D eigenvalue weighted by molar-refractivity contribution is -0.122. The number of benzene rings is 2. The van der Waals surface area contributed by atoms with Crippen molar-refractivity contribution in [2.75, 3.05) is 26.7 Å². The molecule has 3 rings (SSSR count). The van der Waals surface area contributed by atoms with Crippen molar-refractivity contribution >= 4 is 46.9 Å². The maximum absolute atomic E-state index is 11.6. The van der Waals surface area contributed by atoms with E-state index in [0.29, 0.717) is 18.8 Å². The third-order valence-corrected chi connectivity index (χ3v) is 5.02. The molecule has 8 nitrogen and oxygen atoms in total. The molecular weight excluding hydrogens is 531 g/mol. The number of amides is 1. The van der Waals surface area contributed by atoms with Gasteiger partial charge in [-0.05, 0) is 50.1 Å². The van der Waals surface area contributed by atoms with E-state index in [1.165, 1.54) is 5.52 Å². The number of nitrogens with zero attached hydrogens (tertiary/aromatic N) is 3. The first-order valence-corrected chi connectivity index (χ1v) is 11.0. The molecular formula is C24H33IN6O2. The molecule has 0 aliphatic carbocycles. The summed E-state index contributed by atoms with van der Waals surface area (Å²) in [6.07, 6.45) is 0.949. The van der Waals surface area contributed by atoms with E-state index in [1.807, 2.05) is 56.3 Å². The fourth-order valence-corrected chi connectivity index (χ4v) is 3.47. The molecule has 1 aromatic heterocycles. The number of carbonyl (C=O) groups is 1. The Morgan fingerprint density at radius 2 is 1.94 bits per heavy atom. The number of likely N-dealkylation sites (N-methyl/N-ethyl adjacent to an activating group) is 1. The third-order valence-electron chi connectivity index (χ3n) is 5.02. The second-order valence-electron chi connectivity index (χ2n) is 7.40. The first kappa shape index (κ1) is 26.4. The van der Waals surface area contributed by atoms with Gasteiger partial charge in [-0.15, -0.1) is 24.0 Å². The summed E-state index contributed by atoms with van der Waals surface area (Å²) in [6.45, 7) is 6.82. The van der Waals surface area contributed by atoms with Gasteiger partial charge in [0, 0.05) is 33.2 Å². The molecule has 0 unspecified atom stereocenters. The van der Waals surface area contributed by atoms with Gasteiger partial charge in [0.2, 0.25) is 0 Å². The van der Waals surface area contributed by atoms with E-state index in [4.69, 9.17) is 4.74 Å². The van der Waals surface area contributed by atoms with Crippen LogP contribution in [0.15, 0.2) is 53.5 Å². The Morgan fingerprint density at radius 3 is 2.73 bits per heavy atom. The van der Waals surface area contributed by atoms with Crippen molar-refractivity contribution in [3.8, 4) is 5.75 Å². The molecule has 0 radical (unpaired) electrons. The number of aromatic nitrogens is 2. The summed E-state index contributed by atoms with van der Waals surface area (Å²) in [5.41, 5.74) is 3.25. The highest BCUT2D eigenvalue weighted by molar-refractivity contribution is 14.0. The molecule has 3 aromatic rings. The number of guanidine groups is 1. The minimum absolute atomic E-state index is 0. The minimum atomic E-state index is -0.125. The van der Waals surface area contributed by atoms with Crippen molar-refractivity contribution < 1.29 is 9.53 Å². The largest absolute Gasteiger partial charge is 0.484 e. The van der Waals surface area contributed by atoms with Crippen LogP contribution >= 0.6 is 24.0 Å². The molecule has 2 aromatic carbocycles. The first-order valence-electron chi connectivity index (χ1n) is 11.0. The number of ether oxygens (including phenoxy) is 1. The zero-order chi connectivity index (χ0) is 22.8. The van der Waals surface area contributed by atoms with Crippen LogP contribution in [0, 0.1) is 6.92 Å². The monoisotopic (exact) mass is 564 g/mol. The van der Waals surface area contributed by atoms with Gasteiger partial charge in [-0.3, -0.25) is 9.79 Å². The molecule has 178 valence electrons. The molecule has 0 spiro atoms. The van der Waals surface area contributed by atoms with Gasteiger partial charge >= 0.3 is 0 Å². The Morgan fingerprint density at radius 1 is 1.12 bits per heavy atom. The minimum Gasteiger partial charge on any atom is -0.484 e. The highest BCUT2D eigenvalue weighted by Crippen LogP contribution is 2.16. The van der Waals surface area contributed by atoms with Crippen molar-refractivity contribution in [3.05, 3.63) is 59.9 Å². The van der Waals surface area contributed by atoms with Gasteiger partial charge in [0.15, 0.2) is 12.6 Å². The molecule has 0 saturated heterocycles. The van der Waals surface area contributed by atoms with E-state index in [9.17, 15) is 4.79 Å². The summed E-state index contributed by atoms with van der Waals surface area (Å²) < 4.78 is 7.81. The Hall–Kier alpha value is -2.82. The predicted octanol–water partition coefficient (Wildman–Crippen LogP) is 3.23. The number of rotatable bonds is 10. The lowest BCUT2D eigenvalue weighted by atomic mass is 10.2. The quantitative estimate of drug-likeness (QED) is 0.152. The number of imidazole rings is 1. The van der Waals surface area contributed by atoms with Gasteiger partial charge in [-0.1, -0.05) is 24.3 Å². The van der Waals surface area contributed by atoms with Gasteiger partial charge in [-0.2, -0.15) is 0 Å². The molecule has 0 fully saturated rings. The summed E-state index contributed by atoms with van der Waals surface area (Å²) in [7, 11) is 1.76. The van der Waals surface area contributed by atoms with Gasteiger partial charge in [-0.25, -0.2) is 4.98 Å². The van der Waals surface area contributed by atoms with E-state index >= 15 is 0 Å².